The van der Waals surface area contributed by atoms with E-state index in [2.05, 4.69) is 26.6 Å². The van der Waals surface area contributed by atoms with E-state index < -0.39 is 24.2 Å². The monoisotopic (exact) mass is 504 g/mol. The molecule has 0 radical (unpaired) electrons. The third-order valence-electron chi connectivity index (χ3n) is 5.68. The van der Waals surface area contributed by atoms with E-state index in [0.717, 1.165) is 22.1 Å². The Bertz CT molecular complexity index is 1230. The van der Waals surface area contributed by atoms with E-state index in [4.69, 9.17) is 17.0 Å². The summed E-state index contributed by atoms with van der Waals surface area (Å²) in [5, 5.41) is 9.97. The summed E-state index contributed by atoms with van der Waals surface area (Å²) in [6.45, 7) is 1.89. The molecule has 2 aromatic carbocycles. The van der Waals surface area contributed by atoms with Crippen molar-refractivity contribution in [3.63, 3.8) is 0 Å². The van der Waals surface area contributed by atoms with Crippen LogP contribution in [0.3, 0.4) is 0 Å². The number of carbonyl (C=O) groups excluding carboxylic acids is 1. The van der Waals surface area contributed by atoms with E-state index in [0.29, 0.717) is 11.3 Å². The number of fused-ring (bicyclic) bond motifs is 1. The first-order valence-corrected chi connectivity index (χ1v) is 11.1. The number of hydrogen-bond acceptors (Lipinski definition) is 5. The van der Waals surface area contributed by atoms with Crippen LogP contribution in [0.2, 0.25) is 0 Å². The highest BCUT2D eigenvalue weighted by Gasteiger charge is 2.47. The Morgan fingerprint density at radius 2 is 1.89 bits per heavy atom. The van der Waals surface area contributed by atoms with Gasteiger partial charge in [-0.05, 0) is 48.5 Å². The van der Waals surface area contributed by atoms with Crippen LogP contribution in [0.4, 0.5) is 24.7 Å². The zero-order valence-electron chi connectivity index (χ0n) is 18.8. The lowest BCUT2D eigenvalue weighted by atomic mass is 9.96. The fourth-order valence-electron chi connectivity index (χ4n) is 3.83. The highest BCUT2D eigenvalue weighted by Crippen LogP contribution is 2.44. The molecular weight excluding hydrogens is 481 g/mol. The predicted octanol–water partition coefficient (Wildman–Crippen LogP) is 4.49. The molecule has 0 bridgehead atoms. The van der Waals surface area contributed by atoms with Crippen LogP contribution in [0.5, 0.6) is 5.75 Å². The number of anilines is 2. The van der Waals surface area contributed by atoms with E-state index in [-0.39, 0.29) is 22.9 Å². The van der Waals surface area contributed by atoms with Crippen LogP contribution in [0, 0.1) is 6.92 Å². The molecule has 1 aliphatic heterocycles. The number of rotatable bonds is 4. The zero-order chi connectivity index (χ0) is 25.2. The number of nitrogens with one attached hydrogen (secondary N) is 4. The minimum absolute atomic E-state index is 0.0310. The topological polar surface area (TPSA) is 92.2 Å². The predicted molar refractivity (Wildman–Crippen MR) is 129 cm³/mol. The molecule has 0 saturated carbocycles. The van der Waals surface area contributed by atoms with Gasteiger partial charge in [-0.15, -0.1) is 0 Å². The van der Waals surface area contributed by atoms with E-state index in [9.17, 15) is 18.0 Å². The number of amides is 1. The second-order valence-electron chi connectivity index (χ2n) is 7.96. The Hall–Kier alpha value is -3.80. The van der Waals surface area contributed by atoms with Gasteiger partial charge in [0.05, 0.1) is 19.3 Å². The number of carbonyl (C=O) groups is 1. The summed E-state index contributed by atoms with van der Waals surface area (Å²) in [6.07, 6.45) is -3.74. The summed E-state index contributed by atoms with van der Waals surface area (Å²) in [7, 11) is 1.51. The molecule has 1 aliphatic rings. The number of para-hydroxylation sites is 1. The summed E-state index contributed by atoms with van der Waals surface area (Å²) in [6, 6.07) is 11.5. The highest BCUT2D eigenvalue weighted by atomic mass is 32.1. The minimum atomic E-state index is -4.56. The number of ether oxygens (including phenoxy) is 1. The lowest BCUT2D eigenvalue weighted by molar-refractivity contribution is -0.173. The summed E-state index contributed by atoms with van der Waals surface area (Å²) in [5.74, 6) is -0.135. The molecule has 4 N–H and O–H groups in total. The molecular formula is C23H23F3N6O2S. The molecule has 12 heteroatoms. The quantitative estimate of drug-likeness (QED) is 0.307. The largest absolute Gasteiger partial charge is 0.497 e. The van der Waals surface area contributed by atoms with E-state index in [1.165, 1.54) is 7.11 Å². The fraction of sp³-hybridized carbons (Fsp3) is 0.261. The van der Waals surface area contributed by atoms with Gasteiger partial charge in [0.25, 0.3) is 5.91 Å². The van der Waals surface area contributed by atoms with Crippen LogP contribution in [-0.2, 0) is 0 Å². The van der Waals surface area contributed by atoms with Gasteiger partial charge >= 0.3 is 6.18 Å². The normalized spacial score (nSPS) is 17.1. The summed E-state index contributed by atoms with van der Waals surface area (Å²) in [5.41, 5.74) is 7.25. The lowest BCUT2D eigenvalue weighted by Crippen LogP contribution is -2.44. The van der Waals surface area contributed by atoms with Crippen LogP contribution in [0.15, 0.2) is 54.7 Å². The molecule has 2 heterocycles. The molecule has 4 rings (SSSR count). The van der Waals surface area contributed by atoms with Crippen molar-refractivity contribution in [3.05, 3.63) is 71.4 Å². The van der Waals surface area contributed by atoms with Gasteiger partial charge in [0, 0.05) is 12.1 Å². The van der Waals surface area contributed by atoms with Crippen LogP contribution in [0.1, 0.15) is 40.0 Å². The number of alkyl halides is 3. The fourth-order valence-corrected chi connectivity index (χ4v) is 3.99. The standard InChI is InChI=1S/C23H23F3N6O2S/c1-13-5-3-4-6-17(13)29-22(35)31-30-21(33)16-12-27-32-19(23(24,25)26)11-18(28-20(16)32)14-7-9-15(34-2)10-8-14/h3-10,12,18-19,28H,11H2,1-2H3,(H,30,33)(H2,29,31,35)/t18-,19-/m1/s1. The SMILES string of the molecule is COc1ccc([C@H]2C[C@H](C(F)(F)F)n3ncc(C(=O)NNC(=S)Nc4ccccc4C)c3N2)cc1. The maximum absolute atomic E-state index is 13.9. The van der Waals surface area contributed by atoms with E-state index >= 15 is 0 Å². The van der Waals surface area contributed by atoms with Crippen molar-refractivity contribution >= 4 is 34.7 Å². The van der Waals surface area contributed by atoms with Gasteiger partial charge in [-0.2, -0.15) is 18.3 Å². The number of thiocarbonyl (C=S) groups is 1. The third kappa shape index (κ3) is 5.32. The van der Waals surface area contributed by atoms with Gasteiger partial charge in [-0.3, -0.25) is 15.6 Å². The van der Waals surface area contributed by atoms with Crippen molar-refractivity contribution in [1.29, 1.82) is 0 Å². The Morgan fingerprint density at radius 1 is 1.17 bits per heavy atom. The Labute approximate surface area is 204 Å². The highest BCUT2D eigenvalue weighted by molar-refractivity contribution is 7.80. The van der Waals surface area contributed by atoms with Crippen molar-refractivity contribution in [2.24, 2.45) is 0 Å². The molecule has 0 unspecified atom stereocenters. The molecule has 3 aromatic rings. The second-order valence-corrected chi connectivity index (χ2v) is 8.37. The maximum Gasteiger partial charge on any atom is 0.410 e. The van der Waals surface area contributed by atoms with Crippen molar-refractivity contribution < 1.29 is 22.7 Å². The molecule has 1 amide bonds. The average Bonchev–Trinajstić information content (AvgIpc) is 3.27. The zero-order valence-corrected chi connectivity index (χ0v) is 19.6. The number of halogens is 3. The molecule has 0 spiro atoms. The van der Waals surface area contributed by atoms with Crippen molar-refractivity contribution in [2.45, 2.75) is 31.6 Å². The Balaban J connectivity index is 1.52. The lowest BCUT2D eigenvalue weighted by Gasteiger charge is -2.34. The van der Waals surface area contributed by atoms with Crippen molar-refractivity contribution in [3.8, 4) is 5.75 Å². The number of nitrogens with zero attached hydrogens (tertiary/aromatic N) is 2. The van der Waals surface area contributed by atoms with Crippen LogP contribution >= 0.6 is 12.2 Å². The molecule has 1 aromatic heterocycles. The van der Waals surface area contributed by atoms with E-state index in [1.54, 1.807) is 24.3 Å². The van der Waals surface area contributed by atoms with E-state index in [1.807, 2.05) is 31.2 Å². The maximum atomic E-state index is 13.9. The number of hydrazine groups is 1. The average molecular weight is 505 g/mol. The van der Waals surface area contributed by atoms with Gasteiger partial charge < -0.3 is 15.4 Å². The molecule has 0 aliphatic carbocycles. The number of aryl methyl sites for hydroxylation is 1. The molecule has 2 atom stereocenters. The number of aromatic nitrogens is 2. The van der Waals surface area contributed by atoms with Crippen molar-refractivity contribution in [2.75, 3.05) is 17.7 Å². The first kappa shape index (κ1) is 24.3. The second kappa shape index (κ2) is 9.82. The molecule has 0 saturated heterocycles. The first-order valence-electron chi connectivity index (χ1n) is 10.6. The summed E-state index contributed by atoms with van der Waals surface area (Å²) < 4.78 is 47.6. The van der Waals surface area contributed by atoms with Crippen LogP contribution in [-0.4, -0.2) is 34.1 Å². The molecule has 35 heavy (non-hydrogen) atoms. The minimum Gasteiger partial charge on any atom is -0.497 e. The number of benzene rings is 2. The van der Waals surface area contributed by atoms with Gasteiger partial charge in [0.15, 0.2) is 11.2 Å². The van der Waals surface area contributed by atoms with Gasteiger partial charge in [-0.25, -0.2) is 4.68 Å². The van der Waals surface area contributed by atoms with Crippen molar-refractivity contribution in [1.82, 2.24) is 20.6 Å². The number of hydrogen-bond donors (Lipinski definition) is 4. The first-order chi connectivity index (χ1) is 16.7. The van der Waals surface area contributed by atoms with Gasteiger partial charge in [0.2, 0.25) is 0 Å². The van der Waals surface area contributed by atoms with Gasteiger partial charge in [0.1, 0.15) is 17.1 Å². The molecule has 0 fully saturated rings. The summed E-state index contributed by atoms with van der Waals surface area (Å²) >= 11 is 5.20. The Kier molecular flexibility index (Phi) is 6.83. The van der Waals surface area contributed by atoms with Crippen LogP contribution in [0.25, 0.3) is 0 Å². The smallest absolute Gasteiger partial charge is 0.410 e. The van der Waals surface area contributed by atoms with Gasteiger partial charge in [-0.1, -0.05) is 30.3 Å². The summed E-state index contributed by atoms with van der Waals surface area (Å²) in [4.78, 5) is 12.8. The Morgan fingerprint density at radius 3 is 2.54 bits per heavy atom. The van der Waals surface area contributed by atoms with Crippen LogP contribution < -0.4 is 26.2 Å². The molecule has 184 valence electrons. The number of methoxy groups -OCH3 is 1. The third-order valence-corrected chi connectivity index (χ3v) is 5.89. The molecule has 8 nitrogen and oxygen atoms in total.